The van der Waals surface area contributed by atoms with Crippen molar-refractivity contribution in [1.29, 1.82) is 0 Å². The first-order valence-corrected chi connectivity index (χ1v) is 4.23. The minimum atomic E-state index is -0.267. The van der Waals surface area contributed by atoms with Gasteiger partial charge in [0.25, 0.3) is 0 Å². The summed E-state index contributed by atoms with van der Waals surface area (Å²) in [4.78, 5) is 10.8. The second-order valence-electron chi connectivity index (χ2n) is 3.25. The van der Waals surface area contributed by atoms with Gasteiger partial charge in [0.15, 0.2) is 0 Å². The molecule has 0 saturated heterocycles. The van der Waals surface area contributed by atoms with Gasteiger partial charge in [0.2, 0.25) is 5.91 Å². The van der Waals surface area contributed by atoms with Gasteiger partial charge < -0.3 is 11.5 Å². The number of rotatable bonds is 3. The van der Waals surface area contributed by atoms with E-state index in [4.69, 9.17) is 11.5 Å². The van der Waals surface area contributed by atoms with Crippen molar-refractivity contribution in [2.24, 2.45) is 11.7 Å². The number of carbonyl (C=O) groups excluding carboxylic acids is 1. The van der Waals surface area contributed by atoms with Gasteiger partial charge in [-0.3, -0.25) is 4.79 Å². The van der Waals surface area contributed by atoms with Crippen LogP contribution in [0.25, 0.3) is 0 Å². The van der Waals surface area contributed by atoms with E-state index in [0.717, 1.165) is 11.3 Å². The van der Waals surface area contributed by atoms with Crippen molar-refractivity contribution in [2.75, 3.05) is 5.73 Å². The van der Waals surface area contributed by atoms with Crippen LogP contribution in [-0.4, -0.2) is 5.91 Å². The van der Waals surface area contributed by atoms with Gasteiger partial charge in [-0.2, -0.15) is 0 Å². The Labute approximate surface area is 77.7 Å². The highest BCUT2D eigenvalue weighted by Crippen LogP contribution is 2.10. The molecule has 0 fully saturated rings. The van der Waals surface area contributed by atoms with Crippen molar-refractivity contribution in [1.82, 2.24) is 0 Å². The molecule has 0 aromatic heterocycles. The SMILES string of the molecule is C[C@@H](Cc1ccc(N)cc1)C(N)=O. The summed E-state index contributed by atoms with van der Waals surface area (Å²) in [5.74, 6) is -0.388. The molecular weight excluding hydrogens is 164 g/mol. The summed E-state index contributed by atoms with van der Waals surface area (Å²) >= 11 is 0. The van der Waals surface area contributed by atoms with Gasteiger partial charge in [0.1, 0.15) is 0 Å². The maximum atomic E-state index is 10.8. The zero-order valence-electron chi connectivity index (χ0n) is 7.66. The van der Waals surface area contributed by atoms with Crippen molar-refractivity contribution in [3.8, 4) is 0 Å². The number of anilines is 1. The fraction of sp³-hybridized carbons (Fsp3) is 0.300. The lowest BCUT2D eigenvalue weighted by atomic mass is 10.0. The van der Waals surface area contributed by atoms with Crippen LogP contribution in [0.5, 0.6) is 0 Å². The molecule has 1 rings (SSSR count). The first kappa shape index (κ1) is 9.58. The van der Waals surface area contributed by atoms with Crippen LogP contribution in [0.15, 0.2) is 24.3 Å². The molecule has 0 spiro atoms. The largest absolute Gasteiger partial charge is 0.399 e. The summed E-state index contributed by atoms with van der Waals surface area (Å²) in [5, 5.41) is 0. The van der Waals surface area contributed by atoms with Crippen molar-refractivity contribution in [3.63, 3.8) is 0 Å². The molecule has 0 unspecified atom stereocenters. The molecule has 1 atom stereocenters. The van der Waals surface area contributed by atoms with Crippen LogP contribution in [0.2, 0.25) is 0 Å². The number of hydrogen-bond acceptors (Lipinski definition) is 2. The van der Waals surface area contributed by atoms with Crippen LogP contribution in [0, 0.1) is 5.92 Å². The summed E-state index contributed by atoms with van der Waals surface area (Å²) in [6.07, 6.45) is 0.676. The summed E-state index contributed by atoms with van der Waals surface area (Å²) < 4.78 is 0. The molecule has 1 aromatic carbocycles. The second-order valence-corrected chi connectivity index (χ2v) is 3.25. The third-order valence-corrected chi connectivity index (χ3v) is 2.01. The molecule has 0 aliphatic rings. The third-order valence-electron chi connectivity index (χ3n) is 2.01. The highest BCUT2D eigenvalue weighted by Gasteiger charge is 2.08. The average molecular weight is 178 g/mol. The van der Waals surface area contributed by atoms with E-state index < -0.39 is 0 Å². The molecule has 0 heterocycles. The molecule has 0 radical (unpaired) electrons. The fourth-order valence-electron chi connectivity index (χ4n) is 1.11. The maximum absolute atomic E-state index is 10.8. The number of carbonyl (C=O) groups is 1. The van der Waals surface area contributed by atoms with E-state index in [1.54, 1.807) is 0 Å². The molecule has 3 heteroatoms. The second kappa shape index (κ2) is 3.94. The van der Waals surface area contributed by atoms with Gasteiger partial charge >= 0.3 is 0 Å². The summed E-state index contributed by atoms with van der Waals surface area (Å²) in [7, 11) is 0. The van der Waals surface area contributed by atoms with Gasteiger partial charge in [0, 0.05) is 11.6 Å². The molecule has 70 valence electrons. The van der Waals surface area contributed by atoms with E-state index in [2.05, 4.69) is 0 Å². The van der Waals surface area contributed by atoms with Crippen LogP contribution >= 0.6 is 0 Å². The average Bonchev–Trinajstić information content (AvgIpc) is 2.08. The Morgan fingerprint density at radius 2 is 1.92 bits per heavy atom. The van der Waals surface area contributed by atoms with E-state index in [-0.39, 0.29) is 11.8 Å². The molecule has 1 aromatic rings. The van der Waals surface area contributed by atoms with Crippen molar-refractivity contribution in [3.05, 3.63) is 29.8 Å². The molecular formula is C10H14N2O. The normalized spacial score (nSPS) is 12.4. The van der Waals surface area contributed by atoms with E-state index in [1.807, 2.05) is 31.2 Å². The fourth-order valence-corrected chi connectivity index (χ4v) is 1.11. The third kappa shape index (κ3) is 2.78. The van der Waals surface area contributed by atoms with Gasteiger partial charge in [-0.1, -0.05) is 19.1 Å². The monoisotopic (exact) mass is 178 g/mol. The number of nitrogen functional groups attached to an aromatic ring is 1. The molecule has 0 bridgehead atoms. The van der Waals surface area contributed by atoms with Crippen molar-refractivity contribution >= 4 is 11.6 Å². The van der Waals surface area contributed by atoms with E-state index >= 15 is 0 Å². The Morgan fingerprint density at radius 1 is 1.38 bits per heavy atom. The van der Waals surface area contributed by atoms with Gasteiger partial charge in [0.05, 0.1) is 0 Å². The lowest BCUT2D eigenvalue weighted by molar-refractivity contribution is -0.121. The van der Waals surface area contributed by atoms with E-state index in [1.165, 1.54) is 0 Å². The Bertz CT molecular complexity index is 292. The Kier molecular flexibility index (Phi) is 2.90. The standard InChI is InChI=1S/C10H14N2O/c1-7(10(12)13)6-8-2-4-9(11)5-3-8/h2-5,7H,6,11H2,1H3,(H2,12,13)/t7-/m0/s1. The van der Waals surface area contributed by atoms with Crippen LogP contribution in [0.4, 0.5) is 5.69 Å². The zero-order valence-corrected chi connectivity index (χ0v) is 7.66. The van der Waals surface area contributed by atoms with Gasteiger partial charge in [-0.25, -0.2) is 0 Å². The van der Waals surface area contributed by atoms with Crippen molar-refractivity contribution in [2.45, 2.75) is 13.3 Å². The number of primary amides is 1. The highest BCUT2D eigenvalue weighted by atomic mass is 16.1. The lowest BCUT2D eigenvalue weighted by Gasteiger charge is -2.06. The smallest absolute Gasteiger partial charge is 0.220 e. The zero-order chi connectivity index (χ0) is 9.84. The molecule has 0 saturated carbocycles. The summed E-state index contributed by atoms with van der Waals surface area (Å²) in [5.41, 5.74) is 12.5. The van der Waals surface area contributed by atoms with Crippen LogP contribution in [-0.2, 0) is 11.2 Å². The van der Waals surface area contributed by atoms with Crippen LogP contribution in [0.1, 0.15) is 12.5 Å². The maximum Gasteiger partial charge on any atom is 0.220 e. The Hall–Kier alpha value is -1.51. The van der Waals surface area contributed by atoms with E-state index in [9.17, 15) is 4.79 Å². The minimum absolute atomic E-state index is 0.122. The summed E-state index contributed by atoms with van der Waals surface area (Å²) in [6, 6.07) is 7.47. The molecule has 13 heavy (non-hydrogen) atoms. The summed E-state index contributed by atoms with van der Waals surface area (Å²) in [6.45, 7) is 1.82. The molecule has 4 N–H and O–H groups in total. The predicted molar refractivity (Wildman–Crippen MR) is 52.9 cm³/mol. The number of benzene rings is 1. The number of amides is 1. The van der Waals surface area contributed by atoms with Crippen LogP contribution < -0.4 is 11.5 Å². The predicted octanol–water partition coefficient (Wildman–Crippen LogP) is 0.933. The Morgan fingerprint density at radius 3 is 2.38 bits per heavy atom. The van der Waals surface area contributed by atoms with E-state index in [0.29, 0.717) is 6.42 Å². The lowest BCUT2D eigenvalue weighted by Crippen LogP contribution is -2.22. The molecule has 0 aliphatic heterocycles. The minimum Gasteiger partial charge on any atom is -0.399 e. The van der Waals surface area contributed by atoms with Gasteiger partial charge in [-0.05, 0) is 24.1 Å². The van der Waals surface area contributed by atoms with Crippen LogP contribution in [0.3, 0.4) is 0 Å². The van der Waals surface area contributed by atoms with Crippen molar-refractivity contribution < 1.29 is 4.79 Å². The number of nitrogens with two attached hydrogens (primary N) is 2. The first-order valence-electron chi connectivity index (χ1n) is 4.23. The topological polar surface area (TPSA) is 69.1 Å². The molecule has 3 nitrogen and oxygen atoms in total. The molecule has 0 aliphatic carbocycles. The van der Waals surface area contributed by atoms with Gasteiger partial charge in [-0.15, -0.1) is 0 Å². The number of hydrogen-bond donors (Lipinski definition) is 2. The first-order chi connectivity index (χ1) is 6.09. The quantitative estimate of drug-likeness (QED) is 0.676. The highest BCUT2D eigenvalue weighted by molar-refractivity contribution is 5.76. The molecule has 1 amide bonds. The Balaban J connectivity index is 2.64.